The lowest BCUT2D eigenvalue weighted by atomic mass is 9.94. The third kappa shape index (κ3) is 2.80. The predicted molar refractivity (Wildman–Crippen MR) is 77.3 cm³/mol. The molecule has 0 saturated carbocycles. The molecule has 0 radical (unpaired) electrons. The van der Waals surface area contributed by atoms with E-state index in [2.05, 4.69) is 10.6 Å². The smallest absolute Gasteiger partial charge is 0.337 e. The number of rotatable bonds is 3. The van der Waals surface area contributed by atoms with Crippen LogP contribution in [-0.4, -0.2) is 18.2 Å². The topological polar surface area (TPSA) is 50.4 Å². The van der Waals surface area contributed by atoms with Crippen molar-refractivity contribution >= 4 is 23.3 Å². The molecule has 6 heteroatoms. The van der Waals surface area contributed by atoms with E-state index < -0.39 is 12.0 Å². The van der Waals surface area contributed by atoms with Crippen LogP contribution in [0.2, 0.25) is 0 Å². The Hall–Kier alpha value is -1.95. The average Bonchev–Trinajstić information content (AvgIpc) is 2.46. The third-order valence-corrected chi connectivity index (χ3v) is 3.34. The Morgan fingerprint density at radius 3 is 2.60 bits per heavy atom. The maximum Gasteiger partial charge on any atom is 0.337 e. The molecule has 1 aliphatic rings. The van der Waals surface area contributed by atoms with Crippen molar-refractivity contribution in [3.8, 4) is 0 Å². The van der Waals surface area contributed by atoms with Crippen molar-refractivity contribution in [2.45, 2.75) is 19.4 Å². The molecule has 2 rings (SSSR count). The van der Waals surface area contributed by atoms with Crippen LogP contribution < -0.4 is 10.6 Å². The minimum Gasteiger partial charge on any atom is -0.466 e. The van der Waals surface area contributed by atoms with Gasteiger partial charge in [-0.05, 0) is 36.3 Å². The molecule has 0 fully saturated rings. The number of carbonyl (C=O) groups is 1. The summed E-state index contributed by atoms with van der Waals surface area (Å²) in [7, 11) is 1.33. The lowest BCUT2D eigenvalue weighted by Crippen LogP contribution is -2.45. The van der Waals surface area contributed by atoms with Gasteiger partial charge in [0.05, 0.1) is 18.7 Å². The number of thiocarbonyl (C=S) groups is 1. The van der Waals surface area contributed by atoms with Crippen LogP contribution in [0.5, 0.6) is 0 Å². The molecule has 0 spiro atoms. The predicted octanol–water partition coefficient (Wildman–Crippen LogP) is 2.18. The minimum absolute atomic E-state index is 0.329. The van der Waals surface area contributed by atoms with E-state index in [1.165, 1.54) is 19.2 Å². The number of hydrogen-bond donors (Lipinski definition) is 2. The molecule has 0 aromatic heterocycles. The molecule has 1 heterocycles. The standard InChI is InChI=1S/C14H15FN2O2S/c1-3-10-11(13(18)19-2)12(17-14(20)16-10)8-4-6-9(15)7-5-8/h4-7,12H,3H2,1-2H3,(H2,16,17,20). The van der Waals surface area contributed by atoms with E-state index in [0.29, 0.717) is 17.1 Å². The highest BCUT2D eigenvalue weighted by molar-refractivity contribution is 7.80. The zero-order valence-corrected chi connectivity index (χ0v) is 12.0. The van der Waals surface area contributed by atoms with E-state index in [-0.39, 0.29) is 5.82 Å². The monoisotopic (exact) mass is 294 g/mol. The van der Waals surface area contributed by atoms with E-state index in [1.807, 2.05) is 6.92 Å². The summed E-state index contributed by atoms with van der Waals surface area (Å²) in [5, 5.41) is 6.42. The van der Waals surface area contributed by atoms with Crippen molar-refractivity contribution in [3.63, 3.8) is 0 Å². The number of hydrogen-bond acceptors (Lipinski definition) is 3. The first-order valence-electron chi connectivity index (χ1n) is 6.21. The van der Waals surface area contributed by atoms with E-state index >= 15 is 0 Å². The molecule has 0 saturated heterocycles. The molecule has 1 atom stereocenters. The summed E-state index contributed by atoms with van der Waals surface area (Å²) >= 11 is 5.15. The average molecular weight is 294 g/mol. The van der Waals surface area contributed by atoms with Gasteiger partial charge in [-0.25, -0.2) is 9.18 Å². The number of carbonyl (C=O) groups excluding carboxylic acids is 1. The molecular formula is C14H15FN2O2S. The molecule has 1 aromatic rings. The fourth-order valence-electron chi connectivity index (χ4n) is 2.15. The Kier molecular flexibility index (Phi) is 4.34. The number of esters is 1. The first-order chi connectivity index (χ1) is 9.56. The van der Waals surface area contributed by atoms with Crippen LogP contribution in [0.4, 0.5) is 4.39 Å². The summed E-state index contributed by atoms with van der Waals surface area (Å²) in [6.45, 7) is 1.92. The summed E-state index contributed by atoms with van der Waals surface area (Å²) in [5.41, 5.74) is 1.94. The molecule has 1 aromatic carbocycles. The molecule has 1 aliphatic heterocycles. The van der Waals surface area contributed by atoms with Gasteiger partial charge in [0, 0.05) is 5.70 Å². The van der Waals surface area contributed by atoms with Gasteiger partial charge >= 0.3 is 5.97 Å². The first kappa shape index (κ1) is 14.5. The van der Waals surface area contributed by atoms with Crippen molar-refractivity contribution in [1.29, 1.82) is 0 Å². The zero-order valence-electron chi connectivity index (χ0n) is 11.2. The van der Waals surface area contributed by atoms with Crippen molar-refractivity contribution in [3.05, 3.63) is 46.9 Å². The molecule has 2 N–H and O–H groups in total. The summed E-state index contributed by atoms with van der Waals surface area (Å²) in [5.74, 6) is -0.761. The number of ether oxygens (including phenoxy) is 1. The van der Waals surface area contributed by atoms with Gasteiger partial charge < -0.3 is 15.4 Å². The second-order valence-corrected chi connectivity index (χ2v) is 4.73. The first-order valence-corrected chi connectivity index (χ1v) is 6.62. The number of nitrogens with one attached hydrogen (secondary N) is 2. The van der Waals surface area contributed by atoms with Crippen molar-refractivity contribution in [1.82, 2.24) is 10.6 Å². The second kappa shape index (κ2) is 6.00. The number of halogens is 1. The summed E-state index contributed by atoms with van der Waals surface area (Å²) in [4.78, 5) is 12.0. The van der Waals surface area contributed by atoms with Crippen LogP contribution in [-0.2, 0) is 9.53 Å². The van der Waals surface area contributed by atoms with Gasteiger partial charge in [0.2, 0.25) is 0 Å². The quantitative estimate of drug-likeness (QED) is 0.661. The van der Waals surface area contributed by atoms with E-state index in [1.54, 1.807) is 12.1 Å². The van der Waals surface area contributed by atoms with Crippen LogP contribution in [0.15, 0.2) is 35.5 Å². The lowest BCUT2D eigenvalue weighted by Gasteiger charge is -2.30. The lowest BCUT2D eigenvalue weighted by molar-refractivity contribution is -0.136. The van der Waals surface area contributed by atoms with Gasteiger partial charge in [-0.2, -0.15) is 0 Å². The fraction of sp³-hybridized carbons (Fsp3) is 0.286. The third-order valence-electron chi connectivity index (χ3n) is 3.12. The molecule has 0 aliphatic carbocycles. The molecule has 106 valence electrons. The molecular weight excluding hydrogens is 279 g/mol. The summed E-state index contributed by atoms with van der Waals surface area (Å²) in [6, 6.07) is 5.51. The van der Waals surface area contributed by atoms with Crippen LogP contribution in [0.3, 0.4) is 0 Å². The number of methoxy groups -OCH3 is 1. The van der Waals surface area contributed by atoms with Gasteiger partial charge in [0.25, 0.3) is 0 Å². The number of allylic oxidation sites excluding steroid dienone is 1. The Morgan fingerprint density at radius 1 is 1.40 bits per heavy atom. The molecule has 4 nitrogen and oxygen atoms in total. The van der Waals surface area contributed by atoms with Gasteiger partial charge in [0.1, 0.15) is 5.82 Å². The second-order valence-electron chi connectivity index (χ2n) is 4.32. The highest BCUT2D eigenvalue weighted by Crippen LogP contribution is 2.28. The Bertz CT molecular complexity index is 569. The molecule has 1 unspecified atom stereocenters. The van der Waals surface area contributed by atoms with Crippen LogP contribution >= 0.6 is 12.2 Å². The summed E-state index contributed by atoms with van der Waals surface area (Å²) < 4.78 is 17.9. The van der Waals surface area contributed by atoms with Gasteiger partial charge in [0.15, 0.2) is 5.11 Å². The minimum atomic E-state index is -0.438. The molecule has 0 amide bonds. The SMILES string of the molecule is CCC1=C(C(=O)OC)C(c2ccc(F)cc2)NC(=S)N1. The Balaban J connectivity index is 2.49. The van der Waals surface area contributed by atoms with Crippen molar-refractivity contribution in [2.24, 2.45) is 0 Å². The molecule has 20 heavy (non-hydrogen) atoms. The van der Waals surface area contributed by atoms with Crippen LogP contribution in [0.25, 0.3) is 0 Å². The maximum absolute atomic E-state index is 13.0. The van der Waals surface area contributed by atoms with Gasteiger partial charge in [-0.15, -0.1) is 0 Å². The fourth-order valence-corrected chi connectivity index (χ4v) is 2.39. The normalized spacial score (nSPS) is 18.4. The van der Waals surface area contributed by atoms with Gasteiger partial charge in [-0.1, -0.05) is 19.1 Å². The van der Waals surface area contributed by atoms with Crippen molar-refractivity contribution in [2.75, 3.05) is 7.11 Å². The molecule has 0 bridgehead atoms. The largest absolute Gasteiger partial charge is 0.466 e. The van der Waals surface area contributed by atoms with E-state index in [9.17, 15) is 9.18 Å². The Labute approximate surface area is 122 Å². The maximum atomic E-state index is 13.0. The van der Waals surface area contributed by atoms with Gasteiger partial charge in [-0.3, -0.25) is 0 Å². The Morgan fingerprint density at radius 2 is 2.05 bits per heavy atom. The highest BCUT2D eigenvalue weighted by Gasteiger charge is 2.31. The zero-order chi connectivity index (χ0) is 14.7. The summed E-state index contributed by atoms with van der Waals surface area (Å²) in [6.07, 6.45) is 0.615. The van der Waals surface area contributed by atoms with Crippen LogP contribution in [0.1, 0.15) is 24.9 Å². The van der Waals surface area contributed by atoms with Crippen molar-refractivity contribution < 1.29 is 13.9 Å². The van der Waals surface area contributed by atoms with E-state index in [4.69, 9.17) is 17.0 Å². The van der Waals surface area contributed by atoms with E-state index in [0.717, 1.165) is 11.3 Å². The highest BCUT2D eigenvalue weighted by atomic mass is 32.1. The number of benzene rings is 1. The van der Waals surface area contributed by atoms with Crippen LogP contribution in [0, 0.1) is 5.82 Å².